The Kier molecular flexibility index (Phi) is 5.68. The summed E-state index contributed by atoms with van der Waals surface area (Å²) in [6, 6.07) is 11.5. The van der Waals surface area contributed by atoms with Crippen LogP contribution in [0.1, 0.15) is 17.5 Å². The number of fused-ring (bicyclic) bond motifs is 1. The van der Waals surface area contributed by atoms with Crippen molar-refractivity contribution in [3.63, 3.8) is 0 Å². The molecule has 7 heteroatoms. The summed E-state index contributed by atoms with van der Waals surface area (Å²) in [5.41, 5.74) is 6.98. The van der Waals surface area contributed by atoms with Gasteiger partial charge >= 0.3 is 0 Å². The van der Waals surface area contributed by atoms with Crippen LogP contribution in [0.5, 0.6) is 11.5 Å². The van der Waals surface area contributed by atoms with E-state index in [0.717, 1.165) is 19.3 Å². The molecule has 2 aromatic carbocycles. The van der Waals surface area contributed by atoms with Crippen LogP contribution < -0.4 is 20.3 Å². The van der Waals surface area contributed by atoms with Gasteiger partial charge in [-0.1, -0.05) is 18.2 Å². The van der Waals surface area contributed by atoms with Gasteiger partial charge in [-0.05, 0) is 54.7 Å². The molecule has 1 aliphatic carbocycles. The van der Waals surface area contributed by atoms with Gasteiger partial charge in [0, 0.05) is 0 Å². The average Bonchev–Trinajstić information content (AvgIpc) is 3.12. The maximum Gasteiger partial charge on any atom is 0.276 e. The molecule has 6 nitrogen and oxygen atoms in total. The minimum atomic E-state index is -0.612. The van der Waals surface area contributed by atoms with Gasteiger partial charge in [0.15, 0.2) is 24.8 Å². The molecule has 26 heavy (non-hydrogen) atoms. The van der Waals surface area contributed by atoms with Gasteiger partial charge in [-0.2, -0.15) is 0 Å². The predicted octanol–water partition coefficient (Wildman–Crippen LogP) is 1.92. The molecule has 0 fully saturated rings. The third kappa shape index (κ3) is 4.72. The maximum atomic E-state index is 13.4. The molecule has 136 valence electrons. The summed E-state index contributed by atoms with van der Waals surface area (Å²) in [4.78, 5) is 23.4. The van der Waals surface area contributed by atoms with Crippen LogP contribution in [0, 0.1) is 5.82 Å². The molecule has 0 atom stereocenters. The normalized spacial score (nSPS) is 12.2. The quantitative estimate of drug-likeness (QED) is 0.774. The number of benzene rings is 2. The van der Waals surface area contributed by atoms with Gasteiger partial charge in [-0.15, -0.1) is 0 Å². The Hall–Kier alpha value is -3.09. The van der Waals surface area contributed by atoms with E-state index < -0.39 is 24.2 Å². The number of rotatable bonds is 6. The van der Waals surface area contributed by atoms with Crippen LogP contribution in [-0.4, -0.2) is 25.0 Å². The van der Waals surface area contributed by atoms with Crippen LogP contribution in [0.15, 0.2) is 42.5 Å². The molecule has 0 radical (unpaired) electrons. The van der Waals surface area contributed by atoms with Crippen LogP contribution in [0.3, 0.4) is 0 Å². The highest BCUT2D eigenvalue weighted by Crippen LogP contribution is 2.25. The lowest BCUT2D eigenvalue weighted by Gasteiger charge is -2.10. The summed E-state index contributed by atoms with van der Waals surface area (Å²) >= 11 is 0. The summed E-state index contributed by atoms with van der Waals surface area (Å²) in [7, 11) is 0. The van der Waals surface area contributed by atoms with E-state index in [9.17, 15) is 14.0 Å². The van der Waals surface area contributed by atoms with Crippen LogP contribution in [-0.2, 0) is 22.4 Å². The predicted molar refractivity (Wildman–Crippen MR) is 92.1 cm³/mol. The fraction of sp³-hybridized carbons (Fsp3) is 0.263. The second-order valence-electron chi connectivity index (χ2n) is 5.89. The molecule has 0 aromatic heterocycles. The molecule has 0 saturated carbocycles. The van der Waals surface area contributed by atoms with Crippen molar-refractivity contribution in [2.45, 2.75) is 19.3 Å². The Labute approximate surface area is 150 Å². The van der Waals surface area contributed by atoms with Gasteiger partial charge in [-0.25, -0.2) is 4.39 Å². The number of carbonyl (C=O) groups excluding carboxylic acids is 2. The smallest absolute Gasteiger partial charge is 0.276 e. The summed E-state index contributed by atoms with van der Waals surface area (Å²) in [6.07, 6.45) is 3.24. The summed E-state index contributed by atoms with van der Waals surface area (Å²) < 4.78 is 23.8. The van der Waals surface area contributed by atoms with Gasteiger partial charge < -0.3 is 9.47 Å². The van der Waals surface area contributed by atoms with Crippen molar-refractivity contribution >= 4 is 11.8 Å². The Balaban J connectivity index is 1.37. The molecule has 3 rings (SSSR count). The van der Waals surface area contributed by atoms with Gasteiger partial charge in [0.1, 0.15) is 5.75 Å². The average molecular weight is 358 g/mol. The topological polar surface area (TPSA) is 76.7 Å². The third-order valence-corrected chi connectivity index (χ3v) is 3.98. The molecule has 2 N–H and O–H groups in total. The molecule has 0 aliphatic heterocycles. The van der Waals surface area contributed by atoms with Crippen molar-refractivity contribution in [1.29, 1.82) is 0 Å². The maximum absolute atomic E-state index is 13.4. The van der Waals surface area contributed by atoms with E-state index in [1.165, 1.54) is 29.3 Å². The second-order valence-corrected chi connectivity index (χ2v) is 5.89. The first-order valence-electron chi connectivity index (χ1n) is 8.31. The van der Waals surface area contributed by atoms with Crippen molar-refractivity contribution in [3.8, 4) is 11.5 Å². The number of para-hydroxylation sites is 1. The molecular weight excluding hydrogens is 339 g/mol. The Morgan fingerprint density at radius 1 is 0.923 bits per heavy atom. The highest BCUT2D eigenvalue weighted by molar-refractivity contribution is 5.83. The summed E-state index contributed by atoms with van der Waals surface area (Å²) in [5, 5.41) is 0. The zero-order chi connectivity index (χ0) is 18.4. The molecule has 2 aromatic rings. The van der Waals surface area contributed by atoms with Crippen molar-refractivity contribution in [3.05, 3.63) is 59.4 Å². The van der Waals surface area contributed by atoms with E-state index in [1.807, 2.05) is 18.2 Å². The molecule has 1 aliphatic rings. The minimum absolute atomic E-state index is 0.0334. The monoisotopic (exact) mass is 358 g/mol. The standard InChI is InChI=1S/C19H19FN2O4/c20-16-6-1-2-7-17(16)26-12-19(24)22-21-18(23)11-25-15-9-8-13-4-3-5-14(13)10-15/h1-2,6-10H,3-5,11-12H2,(H,21,23)(H,22,24). The Bertz CT molecular complexity index is 810. The SMILES string of the molecule is O=C(COc1ccc2c(c1)CCC2)NNC(=O)COc1ccccc1F. The van der Waals surface area contributed by atoms with Crippen molar-refractivity contribution < 1.29 is 23.5 Å². The zero-order valence-corrected chi connectivity index (χ0v) is 14.1. The molecule has 0 unspecified atom stereocenters. The molecule has 0 spiro atoms. The molecule has 0 saturated heterocycles. The number of nitrogens with one attached hydrogen (secondary N) is 2. The van der Waals surface area contributed by atoms with Crippen LogP contribution in [0.2, 0.25) is 0 Å². The van der Waals surface area contributed by atoms with E-state index in [0.29, 0.717) is 5.75 Å². The lowest BCUT2D eigenvalue weighted by molar-refractivity contribution is -0.131. The number of hydrazine groups is 1. The molecule has 2 amide bonds. The second kappa shape index (κ2) is 8.33. The lowest BCUT2D eigenvalue weighted by Crippen LogP contribution is -2.45. The highest BCUT2D eigenvalue weighted by Gasteiger charge is 2.12. The first-order valence-corrected chi connectivity index (χ1v) is 8.31. The van der Waals surface area contributed by atoms with Crippen molar-refractivity contribution in [2.24, 2.45) is 0 Å². The minimum Gasteiger partial charge on any atom is -0.484 e. The lowest BCUT2D eigenvalue weighted by atomic mass is 10.1. The molecule has 0 bridgehead atoms. The van der Waals surface area contributed by atoms with E-state index in [-0.39, 0.29) is 12.4 Å². The number of aryl methyl sites for hydroxylation is 2. The number of hydrogen-bond donors (Lipinski definition) is 2. The summed E-state index contributed by atoms with van der Waals surface area (Å²) in [6.45, 7) is -0.653. The zero-order valence-electron chi connectivity index (χ0n) is 14.1. The van der Waals surface area contributed by atoms with Crippen LogP contribution >= 0.6 is 0 Å². The number of amides is 2. The third-order valence-electron chi connectivity index (χ3n) is 3.98. The van der Waals surface area contributed by atoms with Gasteiger partial charge in [0.2, 0.25) is 0 Å². The van der Waals surface area contributed by atoms with Crippen LogP contribution in [0.25, 0.3) is 0 Å². The van der Waals surface area contributed by atoms with Gasteiger partial charge in [0.25, 0.3) is 11.8 Å². The fourth-order valence-electron chi connectivity index (χ4n) is 2.70. The number of ether oxygens (including phenoxy) is 2. The van der Waals surface area contributed by atoms with Crippen LogP contribution in [0.4, 0.5) is 4.39 Å². The first kappa shape index (κ1) is 17.7. The van der Waals surface area contributed by atoms with E-state index in [4.69, 9.17) is 9.47 Å². The first-order chi connectivity index (χ1) is 12.6. The largest absolute Gasteiger partial charge is 0.484 e. The summed E-state index contributed by atoms with van der Waals surface area (Å²) in [5.74, 6) is -1.10. The fourth-order valence-corrected chi connectivity index (χ4v) is 2.70. The van der Waals surface area contributed by atoms with Gasteiger partial charge in [-0.3, -0.25) is 20.4 Å². The van der Waals surface area contributed by atoms with E-state index >= 15 is 0 Å². The Morgan fingerprint density at radius 2 is 1.62 bits per heavy atom. The number of carbonyl (C=O) groups is 2. The van der Waals surface area contributed by atoms with Crippen molar-refractivity contribution in [2.75, 3.05) is 13.2 Å². The Morgan fingerprint density at radius 3 is 2.38 bits per heavy atom. The molecular formula is C19H19FN2O4. The number of halogens is 1. The highest BCUT2D eigenvalue weighted by atomic mass is 19.1. The van der Waals surface area contributed by atoms with E-state index in [2.05, 4.69) is 10.9 Å². The molecule has 0 heterocycles. The van der Waals surface area contributed by atoms with Gasteiger partial charge in [0.05, 0.1) is 0 Å². The van der Waals surface area contributed by atoms with E-state index in [1.54, 1.807) is 6.07 Å². The van der Waals surface area contributed by atoms with Crippen molar-refractivity contribution in [1.82, 2.24) is 10.9 Å². The number of hydrogen-bond acceptors (Lipinski definition) is 4.